The zero-order valence-corrected chi connectivity index (χ0v) is 19.9. The van der Waals surface area contributed by atoms with Gasteiger partial charge in [-0.15, -0.1) is 0 Å². The number of carbonyl (C=O) groups is 2. The monoisotopic (exact) mass is 466 g/mol. The highest BCUT2D eigenvalue weighted by Crippen LogP contribution is 2.27. The SMILES string of the molecule is CO[C@H]1CC[C@H](NC(=O)c2nc(-n3ccnc3)nc3c(NC(=O)OC(C)(C)C)cccc23)CC1. The molecule has 0 aliphatic heterocycles. The van der Waals surface area contributed by atoms with Gasteiger partial charge in [-0.05, 0) is 52.5 Å². The highest BCUT2D eigenvalue weighted by molar-refractivity contribution is 6.08. The van der Waals surface area contributed by atoms with E-state index < -0.39 is 11.7 Å². The number of nitrogens with zero attached hydrogens (tertiary/aromatic N) is 4. The Balaban J connectivity index is 1.69. The molecule has 1 fully saturated rings. The molecule has 0 radical (unpaired) electrons. The van der Waals surface area contributed by atoms with Crippen LogP contribution < -0.4 is 10.6 Å². The number of rotatable bonds is 5. The molecule has 0 unspecified atom stereocenters. The fourth-order valence-corrected chi connectivity index (χ4v) is 4.02. The first kappa shape index (κ1) is 23.6. The van der Waals surface area contributed by atoms with Crippen molar-refractivity contribution < 1.29 is 19.1 Å². The molecule has 0 bridgehead atoms. The van der Waals surface area contributed by atoms with E-state index >= 15 is 0 Å². The third kappa shape index (κ3) is 5.51. The molecule has 1 aromatic carbocycles. The number of ether oxygens (including phenoxy) is 2. The van der Waals surface area contributed by atoms with Crippen LogP contribution in [0, 0.1) is 0 Å². The van der Waals surface area contributed by atoms with Gasteiger partial charge < -0.3 is 14.8 Å². The Labute approximate surface area is 198 Å². The lowest BCUT2D eigenvalue weighted by atomic mass is 9.93. The maximum atomic E-state index is 13.4. The van der Waals surface area contributed by atoms with Crippen molar-refractivity contribution in [3.05, 3.63) is 42.6 Å². The number of imidazole rings is 1. The average Bonchev–Trinajstić information content (AvgIpc) is 3.33. The number of fused-ring (bicyclic) bond motifs is 1. The predicted molar refractivity (Wildman–Crippen MR) is 127 cm³/mol. The number of hydrogen-bond acceptors (Lipinski definition) is 7. The highest BCUT2D eigenvalue weighted by Gasteiger charge is 2.25. The summed E-state index contributed by atoms with van der Waals surface area (Å²) >= 11 is 0. The Hall–Kier alpha value is -3.53. The Morgan fingerprint density at radius 1 is 1.12 bits per heavy atom. The molecule has 10 nitrogen and oxygen atoms in total. The largest absolute Gasteiger partial charge is 0.444 e. The molecule has 3 aromatic rings. The number of aromatic nitrogens is 4. The second kappa shape index (κ2) is 9.76. The lowest BCUT2D eigenvalue weighted by Gasteiger charge is -2.28. The molecule has 0 spiro atoms. The normalized spacial score (nSPS) is 18.5. The minimum Gasteiger partial charge on any atom is -0.444 e. The van der Waals surface area contributed by atoms with Gasteiger partial charge in [0.15, 0.2) is 0 Å². The average molecular weight is 467 g/mol. The van der Waals surface area contributed by atoms with Crippen LogP contribution in [0.1, 0.15) is 56.9 Å². The van der Waals surface area contributed by atoms with E-state index in [1.165, 1.54) is 0 Å². The van der Waals surface area contributed by atoms with E-state index in [1.807, 2.05) is 0 Å². The molecule has 0 atom stereocenters. The van der Waals surface area contributed by atoms with E-state index in [2.05, 4.69) is 25.6 Å². The van der Waals surface area contributed by atoms with Crippen molar-refractivity contribution in [2.24, 2.45) is 0 Å². The Morgan fingerprint density at radius 2 is 1.88 bits per heavy atom. The number of nitrogens with one attached hydrogen (secondary N) is 2. The molecular formula is C24H30N6O4. The maximum Gasteiger partial charge on any atom is 0.412 e. The molecule has 34 heavy (non-hydrogen) atoms. The van der Waals surface area contributed by atoms with E-state index in [4.69, 9.17) is 9.47 Å². The Kier molecular flexibility index (Phi) is 6.78. The van der Waals surface area contributed by atoms with Crippen LogP contribution in [0.3, 0.4) is 0 Å². The molecule has 2 heterocycles. The number of hydrogen-bond donors (Lipinski definition) is 2. The summed E-state index contributed by atoms with van der Waals surface area (Å²) in [5.74, 6) is -0.0132. The molecule has 2 aromatic heterocycles. The van der Waals surface area contributed by atoms with Crippen molar-refractivity contribution in [3.63, 3.8) is 0 Å². The first-order valence-corrected chi connectivity index (χ1v) is 11.4. The van der Waals surface area contributed by atoms with Gasteiger partial charge in [0.25, 0.3) is 5.91 Å². The van der Waals surface area contributed by atoms with Gasteiger partial charge in [0, 0.05) is 30.9 Å². The highest BCUT2D eigenvalue weighted by atomic mass is 16.6. The fraction of sp³-hybridized carbons (Fsp3) is 0.458. The summed E-state index contributed by atoms with van der Waals surface area (Å²) in [6.45, 7) is 5.37. The van der Waals surface area contributed by atoms with Crippen LogP contribution >= 0.6 is 0 Å². The maximum absolute atomic E-state index is 13.4. The van der Waals surface area contributed by atoms with E-state index in [9.17, 15) is 9.59 Å². The second-order valence-corrected chi connectivity index (χ2v) is 9.35. The Morgan fingerprint density at radius 3 is 2.53 bits per heavy atom. The van der Waals surface area contributed by atoms with Gasteiger partial charge >= 0.3 is 6.09 Å². The molecule has 4 rings (SSSR count). The number of para-hydroxylation sites is 1. The quantitative estimate of drug-likeness (QED) is 0.586. The van der Waals surface area contributed by atoms with Crippen LogP contribution in [-0.4, -0.2) is 56.4 Å². The Bertz CT molecular complexity index is 1160. The standard InChI is InChI=1S/C24H30N6O4/c1-24(2,3)34-23(32)27-18-7-5-6-17-19(18)28-22(30-13-12-25-14-30)29-20(17)21(31)26-15-8-10-16(33-4)11-9-15/h5-7,12-16H,8-11H2,1-4H3,(H,26,31)(H,27,32)/t15-,16-. The molecule has 1 aliphatic carbocycles. The van der Waals surface area contributed by atoms with Gasteiger partial charge in [-0.3, -0.25) is 14.7 Å². The second-order valence-electron chi connectivity index (χ2n) is 9.35. The fourth-order valence-electron chi connectivity index (χ4n) is 4.02. The summed E-state index contributed by atoms with van der Waals surface area (Å²) in [6, 6.07) is 5.27. The molecule has 1 saturated carbocycles. The number of carbonyl (C=O) groups excluding carboxylic acids is 2. The zero-order valence-electron chi connectivity index (χ0n) is 19.9. The van der Waals surface area contributed by atoms with Crippen molar-refractivity contribution >= 4 is 28.6 Å². The summed E-state index contributed by atoms with van der Waals surface area (Å²) in [5, 5.41) is 6.39. The van der Waals surface area contributed by atoms with Gasteiger partial charge in [0.1, 0.15) is 23.1 Å². The topological polar surface area (TPSA) is 120 Å². The molecule has 2 N–H and O–H groups in total. The van der Waals surface area contributed by atoms with Crippen LogP contribution in [0.5, 0.6) is 0 Å². The lowest BCUT2D eigenvalue weighted by molar-refractivity contribution is 0.0598. The number of benzene rings is 1. The van der Waals surface area contributed by atoms with Gasteiger partial charge in [-0.25, -0.2) is 19.7 Å². The van der Waals surface area contributed by atoms with Crippen molar-refractivity contribution in [3.8, 4) is 5.95 Å². The zero-order chi connectivity index (χ0) is 24.3. The number of amides is 2. The van der Waals surface area contributed by atoms with Crippen LogP contribution in [0.15, 0.2) is 36.9 Å². The van der Waals surface area contributed by atoms with Gasteiger partial charge in [-0.1, -0.05) is 12.1 Å². The van der Waals surface area contributed by atoms with Crippen molar-refractivity contribution in [1.29, 1.82) is 0 Å². The molecular weight excluding hydrogens is 436 g/mol. The summed E-state index contributed by atoms with van der Waals surface area (Å²) in [5.41, 5.74) is 0.430. The number of methoxy groups -OCH3 is 1. The molecule has 0 saturated heterocycles. The first-order valence-electron chi connectivity index (χ1n) is 11.4. The van der Waals surface area contributed by atoms with Crippen molar-refractivity contribution in [2.45, 2.75) is 64.2 Å². The molecule has 2 amide bonds. The minimum atomic E-state index is -0.654. The van der Waals surface area contributed by atoms with Gasteiger partial charge in [0.2, 0.25) is 5.95 Å². The first-order chi connectivity index (χ1) is 16.2. The third-order valence-corrected chi connectivity index (χ3v) is 5.64. The van der Waals surface area contributed by atoms with Crippen molar-refractivity contribution in [2.75, 3.05) is 12.4 Å². The smallest absolute Gasteiger partial charge is 0.412 e. The van der Waals surface area contributed by atoms with E-state index in [1.54, 1.807) is 69.4 Å². The van der Waals surface area contributed by atoms with Crippen LogP contribution in [-0.2, 0) is 9.47 Å². The summed E-state index contributed by atoms with van der Waals surface area (Å²) in [4.78, 5) is 39.0. The molecule has 10 heteroatoms. The predicted octanol–water partition coefficient (Wildman–Crippen LogP) is 3.85. The lowest BCUT2D eigenvalue weighted by Crippen LogP contribution is -2.39. The summed E-state index contributed by atoms with van der Waals surface area (Å²) < 4.78 is 12.4. The van der Waals surface area contributed by atoms with Gasteiger partial charge in [0.05, 0.1) is 11.8 Å². The third-order valence-electron chi connectivity index (χ3n) is 5.64. The van der Waals surface area contributed by atoms with E-state index in [0.717, 1.165) is 25.7 Å². The molecule has 180 valence electrons. The van der Waals surface area contributed by atoms with Crippen LogP contribution in [0.2, 0.25) is 0 Å². The van der Waals surface area contributed by atoms with E-state index in [-0.39, 0.29) is 29.7 Å². The van der Waals surface area contributed by atoms with Crippen molar-refractivity contribution in [1.82, 2.24) is 24.8 Å². The van der Waals surface area contributed by atoms with E-state index in [0.29, 0.717) is 16.6 Å². The summed E-state index contributed by atoms with van der Waals surface area (Å²) in [7, 11) is 1.72. The number of anilines is 1. The minimum absolute atomic E-state index is 0.0451. The summed E-state index contributed by atoms with van der Waals surface area (Å²) in [6.07, 6.45) is 7.96. The van der Waals surface area contributed by atoms with Crippen LogP contribution in [0.4, 0.5) is 10.5 Å². The van der Waals surface area contributed by atoms with Gasteiger partial charge in [-0.2, -0.15) is 0 Å². The van der Waals surface area contributed by atoms with Crippen LogP contribution in [0.25, 0.3) is 16.9 Å². The molecule has 1 aliphatic rings.